The van der Waals surface area contributed by atoms with Crippen LogP contribution in [0.3, 0.4) is 0 Å². The molecule has 110 valence electrons. The predicted octanol–water partition coefficient (Wildman–Crippen LogP) is 2.82. The Kier molecular flexibility index (Phi) is 5.00. The van der Waals surface area contributed by atoms with E-state index < -0.39 is 11.4 Å². The molecule has 20 heavy (non-hydrogen) atoms. The molecule has 0 unspecified atom stereocenters. The largest absolute Gasteiger partial charge is 0.492 e. The molecule has 1 aromatic carbocycles. The molecule has 0 saturated carbocycles. The smallest absolute Gasteiger partial charge is 0.309 e. The molecule has 0 heterocycles. The fourth-order valence-corrected chi connectivity index (χ4v) is 2.13. The van der Waals surface area contributed by atoms with Gasteiger partial charge in [-0.2, -0.15) is 0 Å². The van der Waals surface area contributed by atoms with E-state index in [0.717, 1.165) is 0 Å². The van der Waals surface area contributed by atoms with E-state index in [1.807, 2.05) is 0 Å². The summed E-state index contributed by atoms with van der Waals surface area (Å²) in [5, 5.41) is 9.49. The van der Waals surface area contributed by atoms with E-state index in [1.165, 1.54) is 20.3 Å². The summed E-state index contributed by atoms with van der Waals surface area (Å²) in [5.41, 5.74) is -0.264. The second-order valence-electron chi connectivity index (χ2n) is 4.98. The highest BCUT2D eigenvalue weighted by Gasteiger charge is 2.31. The van der Waals surface area contributed by atoms with Crippen molar-refractivity contribution in [3.63, 3.8) is 0 Å². The number of hydrogen-bond acceptors (Lipinski definition) is 4. The van der Waals surface area contributed by atoms with Crippen molar-refractivity contribution in [1.82, 2.24) is 0 Å². The molecule has 0 aliphatic carbocycles. The summed E-state index contributed by atoms with van der Waals surface area (Å²) in [4.78, 5) is 22.3. The Morgan fingerprint density at radius 2 is 1.90 bits per heavy atom. The first-order chi connectivity index (χ1) is 9.28. The van der Waals surface area contributed by atoms with Crippen LogP contribution in [0.1, 0.15) is 29.8 Å². The summed E-state index contributed by atoms with van der Waals surface area (Å²) >= 11 is 6.14. The Hall–Kier alpha value is -1.75. The number of aliphatic carboxylic acids is 1. The first kappa shape index (κ1) is 16.3. The third kappa shape index (κ3) is 3.04. The summed E-state index contributed by atoms with van der Waals surface area (Å²) < 4.78 is 10.4. The van der Waals surface area contributed by atoms with Crippen LogP contribution in [-0.4, -0.2) is 31.6 Å². The van der Waals surface area contributed by atoms with Crippen LogP contribution >= 0.6 is 11.6 Å². The Balaban J connectivity index is 3.47. The monoisotopic (exact) mass is 300 g/mol. The number of halogens is 1. The zero-order chi connectivity index (χ0) is 15.5. The van der Waals surface area contributed by atoms with Crippen LogP contribution in [0.5, 0.6) is 11.5 Å². The Labute approximate surface area is 122 Å². The highest BCUT2D eigenvalue weighted by atomic mass is 35.5. The molecule has 1 N–H and O–H groups in total. The van der Waals surface area contributed by atoms with E-state index in [2.05, 4.69) is 0 Å². The Morgan fingerprint density at radius 3 is 2.30 bits per heavy atom. The average Bonchev–Trinajstić information content (AvgIpc) is 2.39. The molecule has 0 saturated heterocycles. The summed E-state index contributed by atoms with van der Waals surface area (Å²) in [6.07, 6.45) is 0.763. The third-order valence-corrected chi connectivity index (χ3v) is 3.38. The summed E-state index contributed by atoms with van der Waals surface area (Å²) in [6.45, 7) is 3.18. The first-order valence-corrected chi connectivity index (χ1v) is 6.28. The van der Waals surface area contributed by atoms with Crippen LogP contribution in [0.25, 0.3) is 0 Å². The molecule has 5 nitrogen and oxygen atoms in total. The van der Waals surface area contributed by atoms with Crippen LogP contribution < -0.4 is 9.47 Å². The molecule has 0 fully saturated rings. The van der Waals surface area contributed by atoms with Crippen molar-refractivity contribution in [3.05, 3.63) is 22.2 Å². The molecule has 0 radical (unpaired) electrons. The lowest BCUT2D eigenvalue weighted by Gasteiger charge is -2.23. The second kappa shape index (κ2) is 6.13. The normalized spacial score (nSPS) is 11.1. The molecule has 0 aliphatic heterocycles. The summed E-state index contributed by atoms with van der Waals surface area (Å²) in [7, 11) is 2.82. The molecule has 0 aliphatic rings. The topological polar surface area (TPSA) is 72.8 Å². The van der Waals surface area contributed by atoms with Gasteiger partial charge in [-0.25, -0.2) is 0 Å². The fourth-order valence-electron chi connectivity index (χ4n) is 1.86. The van der Waals surface area contributed by atoms with E-state index in [4.69, 9.17) is 21.1 Å². The highest BCUT2D eigenvalue weighted by Crippen LogP contribution is 2.41. The van der Waals surface area contributed by atoms with Gasteiger partial charge in [-0.3, -0.25) is 9.59 Å². The lowest BCUT2D eigenvalue weighted by atomic mass is 9.85. The van der Waals surface area contributed by atoms with E-state index in [-0.39, 0.29) is 28.5 Å². The minimum atomic E-state index is -1.02. The maximum atomic E-state index is 11.2. The van der Waals surface area contributed by atoms with Crippen molar-refractivity contribution >= 4 is 23.9 Å². The zero-order valence-corrected chi connectivity index (χ0v) is 12.6. The number of carboxylic acid groups (broad SMARTS) is 1. The third-order valence-electron chi connectivity index (χ3n) is 3.05. The number of methoxy groups -OCH3 is 2. The number of benzene rings is 1. The second-order valence-corrected chi connectivity index (χ2v) is 5.38. The van der Waals surface area contributed by atoms with Crippen molar-refractivity contribution in [1.29, 1.82) is 0 Å². The van der Waals surface area contributed by atoms with Crippen molar-refractivity contribution < 1.29 is 24.2 Å². The van der Waals surface area contributed by atoms with E-state index >= 15 is 0 Å². The van der Waals surface area contributed by atoms with Gasteiger partial charge in [0.15, 0.2) is 17.8 Å². The van der Waals surface area contributed by atoms with Gasteiger partial charge >= 0.3 is 5.97 Å². The molecular formula is C14H17ClO5. The van der Waals surface area contributed by atoms with Gasteiger partial charge in [-0.1, -0.05) is 11.6 Å². The Bertz CT molecular complexity index is 537. The number of aldehydes is 1. The van der Waals surface area contributed by atoms with Crippen molar-refractivity contribution in [2.24, 2.45) is 5.41 Å². The standard InChI is InChI=1S/C14H17ClO5/c1-14(2,13(17)18)6-9-10(15)5-8(7-16)11(19-3)12(9)20-4/h5,7H,6H2,1-4H3,(H,17,18). The quantitative estimate of drug-likeness (QED) is 0.818. The van der Waals surface area contributed by atoms with Crippen LogP contribution in [0, 0.1) is 5.41 Å². The molecule has 0 spiro atoms. The summed E-state index contributed by atoms with van der Waals surface area (Å²) in [6, 6.07) is 1.45. The predicted molar refractivity (Wildman–Crippen MR) is 75.1 cm³/mol. The van der Waals surface area contributed by atoms with Gasteiger partial charge in [0.05, 0.1) is 25.2 Å². The van der Waals surface area contributed by atoms with E-state index in [0.29, 0.717) is 11.8 Å². The molecule has 0 atom stereocenters. The number of ether oxygens (including phenoxy) is 2. The molecule has 0 amide bonds. The fraction of sp³-hybridized carbons (Fsp3) is 0.429. The molecule has 0 aromatic heterocycles. The SMILES string of the molecule is COc1c(C=O)cc(Cl)c(CC(C)(C)C(=O)O)c1OC. The van der Waals surface area contributed by atoms with Crippen molar-refractivity contribution in [3.8, 4) is 11.5 Å². The number of carbonyl (C=O) groups is 2. The number of carboxylic acids is 1. The number of rotatable bonds is 6. The van der Waals surface area contributed by atoms with E-state index in [9.17, 15) is 14.7 Å². The van der Waals surface area contributed by atoms with Crippen LogP contribution in [-0.2, 0) is 11.2 Å². The lowest BCUT2D eigenvalue weighted by molar-refractivity contribution is -0.146. The van der Waals surface area contributed by atoms with Crippen LogP contribution in [0.2, 0.25) is 5.02 Å². The van der Waals surface area contributed by atoms with Crippen molar-refractivity contribution in [2.45, 2.75) is 20.3 Å². The van der Waals surface area contributed by atoms with Gasteiger partial charge < -0.3 is 14.6 Å². The minimum Gasteiger partial charge on any atom is -0.492 e. The minimum absolute atomic E-state index is 0.153. The average molecular weight is 301 g/mol. The lowest BCUT2D eigenvalue weighted by Crippen LogP contribution is -2.26. The van der Waals surface area contributed by atoms with Gasteiger partial charge in [0.1, 0.15) is 0 Å². The number of hydrogen-bond donors (Lipinski definition) is 1. The van der Waals surface area contributed by atoms with Crippen LogP contribution in [0.4, 0.5) is 0 Å². The van der Waals surface area contributed by atoms with Gasteiger partial charge in [-0.15, -0.1) is 0 Å². The molecule has 1 rings (SSSR count). The summed E-state index contributed by atoms with van der Waals surface area (Å²) in [5.74, 6) is -0.409. The zero-order valence-electron chi connectivity index (χ0n) is 11.8. The van der Waals surface area contributed by atoms with Gasteiger partial charge in [-0.05, 0) is 26.3 Å². The maximum absolute atomic E-state index is 11.2. The molecule has 6 heteroatoms. The number of carbonyl (C=O) groups excluding carboxylic acids is 1. The molecule has 0 bridgehead atoms. The van der Waals surface area contributed by atoms with E-state index in [1.54, 1.807) is 13.8 Å². The Morgan fingerprint density at radius 1 is 1.35 bits per heavy atom. The molecule has 1 aromatic rings. The maximum Gasteiger partial charge on any atom is 0.309 e. The molecular weight excluding hydrogens is 284 g/mol. The van der Waals surface area contributed by atoms with Gasteiger partial charge in [0.25, 0.3) is 0 Å². The first-order valence-electron chi connectivity index (χ1n) is 5.90. The van der Waals surface area contributed by atoms with Gasteiger partial charge in [0.2, 0.25) is 0 Å². The highest BCUT2D eigenvalue weighted by molar-refractivity contribution is 6.32. The van der Waals surface area contributed by atoms with Crippen molar-refractivity contribution in [2.75, 3.05) is 14.2 Å². The van der Waals surface area contributed by atoms with Crippen LogP contribution in [0.15, 0.2) is 6.07 Å². The van der Waals surface area contributed by atoms with Gasteiger partial charge in [0, 0.05) is 10.6 Å².